The van der Waals surface area contributed by atoms with E-state index in [1.807, 2.05) is 4.90 Å². The van der Waals surface area contributed by atoms with E-state index < -0.39 is 0 Å². The summed E-state index contributed by atoms with van der Waals surface area (Å²) in [5.41, 5.74) is 0.971. The number of rotatable bonds is 2. The molecule has 1 saturated carbocycles. The third-order valence-corrected chi connectivity index (χ3v) is 5.62. The number of likely N-dealkylation sites (tertiary alicyclic amines) is 1. The zero-order chi connectivity index (χ0) is 16.7. The molecule has 2 aliphatic heterocycles. The number of benzene rings is 1. The second-order valence-corrected chi connectivity index (χ2v) is 7.09. The van der Waals surface area contributed by atoms with Crippen LogP contribution in [0.2, 0.25) is 0 Å². The third-order valence-electron chi connectivity index (χ3n) is 5.62. The van der Waals surface area contributed by atoms with Crippen LogP contribution in [-0.2, 0) is 4.79 Å². The van der Waals surface area contributed by atoms with E-state index in [1.54, 1.807) is 24.3 Å². The highest BCUT2D eigenvalue weighted by Gasteiger charge is 2.43. The van der Waals surface area contributed by atoms with E-state index in [2.05, 4.69) is 0 Å². The van der Waals surface area contributed by atoms with Crippen LogP contribution in [-0.4, -0.2) is 46.7 Å². The van der Waals surface area contributed by atoms with Gasteiger partial charge in [-0.3, -0.25) is 19.3 Å². The van der Waals surface area contributed by atoms with Gasteiger partial charge in [0.15, 0.2) is 0 Å². The first kappa shape index (κ1) is 15.4. The first-order valence-corrected chi connectivity index (χ1v) is 8.92. The molecule has 0 radical (unpaired) electrons. The van der Waals surface area contributed by atoms with Crippen molar-refractivity contribution >= 4 is 17.7 Å². The van der Waals surface area contributed by atoms with Gasteiger partial charge in [-0.2, -0.15) is 0 Å². The minimum Gasteiger partial charge on any atom is -0.340 e. The summed E-state index contributed by atoms with van der Waals surface area (Å²) in [6.45, 7) is 1.13. The van der Waals surface area contributed by atoms with E-state index in [9.17, 15) is 14.4 Å². The van der Waals surface area contributed by atoms with E-state index in [1.165, 1.54) is 11.3 Å². The van der Waals surface area contributed by atoms with Crippen LogP contribution in [0, 0.1) is 5.92 Å². The van der Waals surface area contributed by atoms with Gasteiger partial charge in [0.2, 0.25) is 5.91 Å². The maximum absolute atomic E-state index is 12.7. The van der Waals surface area contributed by atoms with Crippen molar-refractivity contribution < 1.29 is 14.4 Å². The highest BCUT2D eigenvalue weighted by molar-refractivity contribution is 6.21. The van der Waals surface area contributed by atoms with Crippen LogP contribution in [0.4, 0.5) is 0 Å². The maximum Gasteiger partial charge on any atom is 0.261 e. The van der Waals surface area contributed by atoms with Gasteiger partial charge in [0, 0.05) is 19.0 Å². The quantitative estimate of drug-likeness (QED) is 0.785. The molecule has 1 aromatic carbocycles. The van der Waals surface area contributed by atoms with Gasteiger partial charge < -0.3 is 4.90 Å². The van der Waals surface area contributed by atoms with Gasteiger partial charge in [0.25, 0.3) is 11.8 Å². The van der Waals surface area contributed by atoms with Crippen LogP contribution in [0.3, 0.4) is 0 Å². The number of imide groups is 1. The lowest BCUT2D eigenvalue weighted by molar-refractivity contribution is -0.135. The molecule has 0 N–H and O–H groups in total. The van der Waals surface area contributed by atoms with E-state index >= 15 is 0 Å². The normalized spacial score (nSPS) is 24.6. The van der Waals surface area contributed by atoms with Gasteiger partial charge in [-0.05, 0) is 31.4 Å². The lowest BCUT2D eigenvalue weighted by Crippen LogP contribution is -2.43. The van der Waals surface area contributed by atoms with Crippen molar-refractivity contribution in [2.45, 2.75) is 44.6 Å². The van der Waals surface area contributed by atoms with Gasteiger partial charge in [-0.25, -0.2) is 0 Å². The van der Waals surface area contributed by atoms with Crippen molar-refractivity contribution in [1.29, 1.82) is 0 Å². The van der Waals surface area contributed by atoms with Crippen molar-refractivity contribution in [1.82, 2.24) is 9.80 Å². The van der Waals surface area contributed by atoms with E-state index in [0.717, 1.165) is 25.7 Å². The topological polar surface area (TPSA) is 57.7 Å². The van der Waals surface area contributed by atoms with E-state index in [4.69, 9.17) is 0 Å². The fraction of sp³-hybridized carbons (Fsp3) is 0.526. The Kier molecular flexibility index (Phi) is 3.87. The number of fused-ring (bicyclic) bond motifs is 1. The van der Waals surface area contributed by atoms with E-state index in [0.29, 0.717) is 30.6 Å². The minimum atomic E-state index is -0.215. The summed E-state index contributed by atoms with van der Waals surface area (Å²) < 4.78 is 0. The Morgan fingerprint density at radius 2 is 1.54 bits per heavy atom. The summed E-state index contributed by atoms with van der Waals surface area (Å²) in [6.07, 6.45) is 6.13. The number of hydrogen-bond acceptors (Lipinski definition) is 3. The molecule has 5 heteroatoms. The van der Waals surface area contributed by atoms with Gasteiger partial charge >= 0.3 is 0 Å². The molecule has 1 atom stereocenters. The third kappa shape index (κ3) is 2.43. The number of nitrogens with zero attached hydrogens (tertiary/aromatic N) is 2. The number of carbonyl (C=O) groups excluding carboxylic acids is 3. The van der Waals surface area contributed by atoms with Gasteiger partial charge in [0.1, 0.15) is 0 Å². The van der Waals surface area contributed by atoms with Gasteiger partial charge in [-0.15, -0.1) is 0 Å². The molecule has 3 amide bonds. The van der Waals surface area contributed by atoms with Crippen LogP contribution in [0.25, 0.3) is 0 Å². The Labute approximate surface area is 141 Å². The summed E-state index contributed by atoms with van der Waals surface area (Å²) in [5.74, 6) is -0.0754. The summed E-state index contributed by atoms with van der Waals surface area (Å²) in [6, 6.07) is 6.78. The molecule has 0 aromatic heterocycles. The molecule has 1 saturated heterocycles. The summed E-state index contributed by atoms with van der Waals surface area (Å²) in [4.78, 5) is 41.1. The average molecular weight is 326 g/mol. The molecule has 0 bridgehead atoms. The number of amides is 3. The van der Waals surface area contributed by atoms with Crippen molar-refractivity contribution in [2.24, 2.45) is 5.92 Å². The SMILES string of the molecule is O=C(C1CCCCC1)N1CCC(N2C(=O)c3ccccc3C2=O)C1. The smallest absolute Gasteiger partial charge is 0.261 e. The largest absolute Gasteiger partial charge is 0.340 e. The molecular weight excluding hydrogens is 304 g/mol. The molecule has 4 rings (SSSR count). The van der Waals surface area contributed by atoms with Gasteiger partial charge in [0.05, 0.1) is 17.2 Å². The van der Waals surface area contributed by atoms with Crippen molar-refractivity contribution in [3.63, 3.8) is 0 Å². The molecule has 0 spiro atoms. The second kappa shape index (κ2) is 6.04. The Hall–Kier alpha value is -2.17. The zero-order valence-electron chi connectivity index (χ0n) is 13.7. The molecule has 126 valence electrons. The van der Waals surface area contributed by atoms with Crippen molar-refractivity contribution in [3.8, 4) is 0 Å². The maximum atomic E-state index is 12.7. The lowest BCUT2D eigenvalue weighted by atomic mass is 9.88. The molecule has 1 aliphatic carbocycles. The highest BCUT2D eigenvalue weighted by Crippen LogP contribution is 2.30. The summed E-state index contributed by atoms with van der Waals surface area (Å²) >= 11 is 0. The zero-order valence-corrected chi connectivity index (χ0v) is 13.7. The second-order valence-electron chi connectivity index (χ2n) is 7.09. The Morgan fingerprint density at radius 1 is 0.917 bits per heavy atom. The minimum absolute atomic E-state index is 0.139. The Bertz CT molecular complexity index is 659. The average Bonchev–Trinajstić information content (AvgIpc) is 3.19. The van der Waals surface area contributed by atoms with Crippen LogP contribution >= 0.6 is 0 Å². The standard InChI is InChI=1S/C19H22N2O3/c22-17(13-6-2-1-3-7-13)20-11-10-14(12-20)21-18(23)15-8-4-5-9-16(15)19(21)24/h4-5,8-9,13-14H,1-3,6-7,10-12H2. The van der Waals surface area contributed by atoms with E-state index in [-0.39, 0.29) is 29.7 Å². The molecule has 2 fully saturated rings. The highest BCUT2D eigenvalue weighted by atomic mass is 16.2. The first-order chi connectivity index (χ1) is 11.7. The first-order valence-electron chi connectivity index (χ1n) is 8.92. The Morgan fingerprint density at radius 3 is 2.17 bits per heavy atom. The van der Waals surface area contributed by atoms with Crippen molar-refractivity contribution in [3.05, 3.63) is 35.4 Å². The molecule has 3 aliphatic rings. The van der Waals surface area contributed by atoms with Crippen LogP contribution in [0.1, 0.15) is 59.2 Å². The van der Waals surface area contributed by atoms with Gasteiger partial charge in [-0.1, -0.05) is 31.4 Å². The summed E-state index contributed by atoms with van der Waals surface area (Å²) in [7, 11) is 0. The molecule has 5 nitrogen and oxygen atoms in total. The molecule has 1 unspecified atom stereocenters. The summed E-state index contributed by atoms with van der Waals surface area (Å²) in [5, 5.41) is 0. The predicted octanol–water partition coefficient (Wildman–Crippen LogP) is 2.46. The fourth-order valence-corrected chi connectivity index (χ4v) is 4.30. The lowest BCUT2D eigenvalue weighted by Gasteiger charge is -2.27. The van der Waals surface area contributed by atoms with Crippen LogP contribution in [0.5, 0.6) is 0 Å². The molecule has 1 aromatic rings. The fourth-order valence-electron chi connectivity index (χ4n) is 4.30. The molecule has 2 heterocycles. The monoisotopic (exact) mass is 326 g/mol. The molecular formula is C19H22N2O3. The van der Waals surface area contributed by atoms with Crippen LogP contribution in [0.15, 0.2) is 24.3 Å². The molecule has 24 heavy (non-hydrogen) atoms. The number of carbonyl (C=O) groups is 3. The number of hydrogen-bond donors (Lipinski definition) is 0. The van der Waals surface area contributed by atoms with Crippen molar-refractivity contribution in [2.75, 3.05) is 13.1 Å². The Balaban J connectivity index is 1.47. The predicted molar refractivity (Wildman–Crippen MR) is 88.5 cm³/mol. The van der Waals surface area contributed by atoms with Crippen LogP contribution < -0.4 is 0 Å².